The monoisotopic (exact) mass is 394 g/mol. The first-order valence-corrected chi connectivity index (χ1v) is 12.0. The molecule has 0 aromatic carbocycles. The summed E-state index contributed by atoms with van der Waals surface area (Å²) >= 11 is 0. The van der Waals surface area contributed by atoms with Crippen LogP contribution in [0.5, 0.6) is 0 Å². The quantitative estimate of drug-likeness (QED) is 0.468. The van der Waals surface area contributed by atoms with Gasteiger partial charge in [-0.1, -0.05) is 52.4 Å². The maximum atomic E-state index is 7.48. The summed E-state index contributed by atoms with van der Waals surface area (Å²) in [6.07, 6.45) is 13.1. The van der Waals surface area contributed by atoms with E-state index in [1.54, 1.807) is 0 Å². The van der Waals surface area contributed by atoms with Crippen molar-refractivity contribution in [1.82, 2.24) is 10.2 Å². The van der Waals surface area contributed by atoms with Crippen LogP contribution >= 0.6 is 0 Å². The van der Waals surface area contributed by atoms with Crippen LogP contribution in [0.25, 0.3) is 0 Å². The molecule has 0 aromatic heterocycles. The summed E-state index contributed by atoms with van der Waals surface area (Å²) in [4.78, 5) is 2.54. The Morgan fingerprint density at radius 3 is 1.79 bits per heavy atom. The van der Waals surface area contributed by atoms with E-state index in [4.69, 9.17) is 22.9 Å². The molecule has 28 heavy (non-hydrogen) atoms. The fourth-order valence-electron chi connectivity index (χ4n) is 7.00. The van der Waals surface area contributed by atoms with E-state index in [9.17, 15) is 0 Å². The predicted octanol–water partition coefficient (Wildman–Crippen LogP) is 1.75. The summed E-state index contributed by atoms with van der Waals surface area (Å²) in [6.45, 7) is 6.17. The van der Waals surface area contributed by atoms with Crippen molar-refractivity contribution in [1.29, 1.82) is 0 Å². The smallest absolute Gasteiger partial charge is 0.0751 e. The van der Waals surface area contributed by atoms with E-state index in [1.807, 2.05) is 0 Å². The summed E-state index contributed by atoms with van der Waals surface area (Å²) in [5.74, 6) is 0. The fraction of sp³-hybridized carbons (Fsp3) is 1.00. The highest BCUT2D eigenvalue weighted by Gasteiger charge is 2.68. The van der Waals surface area contributed by atoms with Crippen LogP contribution < -0.4 is 28.3 Å². The molecule has 3 fully saturated rings. The van der Waals surface area contributed by atoms with Crippen molar-refractivity contribution in [2.45, 2.75) is 126 Å². The minimum absolute atomic E-state index is 0.0246. The standard InChI is InChI=1S/C22H46N6/c1-3-17(23)19-22(20(25)11-7-5-8-12-20,21(26)13-9-6-10-14-21)28(16-15-27-19)18(24)4-2/h17-19,27H,3-16,23-26H2,1-2H3. The summed E-state index contributed by atoms with van der Waals surface area (Å²) < 4.78 is 0. The van der Waals surface area contributed by atoms with Gasteiger partial charge in [-0.05, 0) is 38.5 Å². The number of nitrogens with two attached hydrogens (primary N) is 4. The number of rotatable bonds is 6. The lowest BCUT2D eigenvalue weighted by molar-refractivity contribution is -0.137. The zero-order valence-electron chi connectivity index (χ0n) is 18.4. The van der Waals surface area contributed by atoms with Gasteiger partial charge in [0.1, 0.15) is 0 Å². The fourth-order valence-corrected chi connectivity index (χ4v) is 7.00. The van der Waals surface area contributed by atoms with Gasteiger partial charge >= 0.3 is 0 Å². The number of piperazine rings is 1. The first kappa shape index (κ1) is 22.4. The van der Waals surface area contributed by atoms with E-state index in [0.29, 0.717) is 0 Å². The second-order valence-electron chi connectivity index (χ2n) is 9.87. The number of hydrogen-bond acceptors (Lipinski definition) is 6. The Kier molecular flexibility index (Phi) is 7.11. The number of nitrogens with one attached hydrogen (secondary N) is 1. The van der Waals surface area contributed by atoms with Gasteiger partial charge in [0.2, 0.25) is 0 Å². The van der Waals surface area contributed by atoms with Crippen LogP contribution in [0.2, 0.25) is 0 Å². The van der Waals surface area contributed by atoms with Crippen LogP contribution in [0.4, 0.5) is 0 Å². The molecule has 6 nitrogen and oxygen atoms in total. The second kappa shape index (κ2) is 8.86. The molecule has 6 heteroatoms. The highest BCUT2D eigenvalue weighted by molar-refractivity contribution is 5.30. The van der Waals surface area contributed by atoms with Crippen molar-refractivity contribution in [2.75, 3.05) is 13.1 Å². The maximum Gasteiger partial charge on any atom is 0.0751 e. The van der Waals surface area contributed by atoms with Crippen molar-refractivity contribution < 1.29 is 0 Å². The molecule has 1 heterocycles. The summed E-state index contributed by atoms with van der Waals surface area (Å²) in [7, 11) is 0. The van der Waals surface area contributed by atoms with Gasteiger partial charge in [0.25, 0.3) is 0 Å². The highest BCUT2D eigenvalue weighted by atomic mass is 15.4. The molecule has 1 saturated heterocycles. The van der Waals surface area contributed by atoms with Gasteiger partial charge in [-0.3, -0.25) is 4.90 Å². The van der Waals surface area contributed by atoms with E-state index in [2.05, 4.69) is 24.1 Å². The largest absolute Gasteiger partial charge is 0.326 e. The Labute approximate surface area is 172 Å². The first-order chi connectivity index (χ1) is 13.4. The van der Waals surface area contributed by atoms with Crippen molar-refractivity contribution >= 4 is 0 Å². The topological polar surface area (TPSA) is 119 Å². The number of nitrogens with zero attached hydrogens (tertiary/aromatic N) is 1. The zero-order chi connectivity index (χ0) is 20.4. The zero-order valence-corrected chi connectivity index (χ0v) is 18.4. The van der Waals surface area contributed by atoms with Crippen LogP contribution in [0, 0.1) is 0 Å². The second-order valence-corrected chi connectivity index (χ2v) is 9.87. The van der Waals surface area contributed by atoms with Gasteiger partial charge in [-0.25, -0.2) is 0 Å². The Balaban J connectivity index is 2.22. The Morgan fingerprint density at radius 1 is 0.857 bits per heavy atom. The van der Waals surface area contributed by atoms with Crippen LogP contribution in [0.3, 0.4) is 0 Å². The van der Waals surface area contributed by atoms with E-state index in [1.165, 1.54) is 38.5 Å². The molecule has 3 rings (SSSR count). The molecule has 3 unspecified atom stereocenters. The van der Waals surface area contributed by atoms with Crippen LogP contribution in [0.15, 0.2) is 0 Å². The van der Waals surface area contributed by atoms with Crippen LogP contribution in [-0.4, -0.2) is 52.9 Å². The molecule has 0 aromatic rings. The maximum absolute atomic E-state index is 7.48. The Bertz CT molecular complexity index is 453. The van der Waals surface area contributed by atoms with E-state index >= 15 is 0 Å². The molecule has 2 aliphatic carbocycles. The third-order valence-corrected chi connectivity index (χ3v) is 8.35. The van der Waals surface area contributed by atoms with Gasteiger partial charge in [-0.15, -0.1) is 0 Å². The molecule has 3 aliphatic rings. The van der Waals surface area contributed by atoms with Gasteiger partial charge in [0.15, 0.2) is 0 Å². The van der Waals surface area contributed by atoms with Crippen molar-refractivity contribution in [3.05, 3.63) is 0 Å². The first-order valence-electron chi connectivity index (χ1n) is 12.0. The normalized spacial score (nSPS) is 32.6. The lowest BCUT2D eigenvalue weighted by atomic mass is 9.51. The summed E-state index contributed by atoms with van der Waals surface area (Å²) in [5.41, 5.74) is 27.5. The molecule has 164 valence electrons. The Morgan fingerprint density at radius 2 is 1.36 bits per heavy atom. The SMILES string of the molecule is CCC(N)C1NCCN(C(N)CC)C1(C1(N)CCCCC1)C1(N)CCCCC1. The molecule has 0 bridgehead atoms. The molecule has 0 radical (unpaired) electrons. The molecule has 3 atom stereocenters. The van der Waals surface area contributed by atoms with E-state index in [0.717, 1.165) is 51.6 Å². The average Bonchev–Trinajstić information content (AvgIpc) is 2.72. The van der Waals surface area contributed by atoms with Crippen molar-refractivity contribution in [2.24, 2.45) is 22.9 Å². The Hall–Kier alpha value is -0.240. The van der Waals surface area contributed by atoms with E-state index in [-0.39, 0.29) is 29.3 Å². The molecular formula is C22H46N6. The van der Waals surface area contributed by atoms with E-state index < -0.39 is 5.54 Å². The molecule has 0 amide bonds. The van der Waals surface area contributed by atoms with Gasteiger partial charge in [-0.2, -0.15) is 0 Å². The number of hydrogen-bond donors (Lipinski definition) is 5. The molecule has 0 spiro atoms. The molecule has 1 aliphatic heterocycles. The van der Waals surface area contributed by atoms with Crippen molar-refractivity contribution in [3.8, 4) is 0 Å². The van der Waals surface area contributed by atoms with Crippen LogP contribution in [0.1, 0.15) is 90.9 Å². The van der Waals surface area contributed by atoms with Crippen molar-refractivity contribution in [3.63, 3.8) is 0 Å². The third kappa shape index (κ3) is 3.44. The molecular weight excluding hydrogens is 348 g/mol. The molecule has 9 N–H and O–H groups in total. The van der Waals surface area contributed by atoms with Gasteiger partial charge < -0.3 is 28.3 Å². The van der Waals surface area contributed by atoms with Gasteiger partial charge in [0, 0.05) is 36.3 Å². The summed E-state index contributed by atoms with van der Waals surface area (Å²) in [6, 6.07) is 0.103. The average molecular weight is 395 g/mol. The van der Waals surface area contributed by atoms with Crippen LogP contribution in [-0.2, 0) is 0 Å². The van der Waals surface area contributed by atoms with Gasteiger partial charge in [0.05, 0.1) is 11.7 Å². The summed E-state index contributed by atoms with van der Waals surface area (Å²) in [5, 5.41) is 3.83. The minimum Gasteiger partial charge on any atom is -0.326 e. The third-order valence-electron chi connectivity index (χ3n) is 8.35. The highest BCUT2D eigenvalue weighted by Crippen LogP contribution is 2.52. The predicted molar refractivity (Wildman–Crippen MR) is 118 cm³/mol. The lowest BCUT2D eigenvalue weighted by Crippen LogP contribution is -2.92. The lowest BCUT2D eigenvalue weighted by Gasteiger charge is -2.70. The molecule has 2 saturated carbocycles. The minimum atomic E-state index is -0.399.